The van der Waals surface area contributed by atoms with Crippen LogP contribution < -0.4 is 0 Å². The van der Waals surface area contributed by atoms with E-state index in [2.05, 4.69) is 11.6 Å². The Morgan fingerprint density at radius 1 is 1.50 bits per heavy atom. The third-order valence-electron chi connectivity index (χ3n) is 0. The second-order valence-electron chi connectivity index (χ2n) is 0.429. The van der Waals surface area contributed by atoms with Gasteiger partial charge in [0, 0.05) is 15.9 Å². The summed E-state index contributed by atoms with van der Waals surface area (Å²) < 4.78 is 18.2. The molecular weight excluding hydrogens is 181 g/mol. The number of alkyl halides is 4. The molecule has 0 aliphatic carbocycles. The molecule has 0 aromatic carbocycles. The van der Waals surface area contributed by atoms with E-state index >= 15 is 0 Å². The predicted octanol–water partition coefficient (Wildman–Crippen LogP) is 1.35. The number of rotatable bonds is 0. The van der Waals surface area contributed by atoms with Crippen molar-refractivity contribution in [2.24, 2.45) is 0 Å². The zero-order chi connectivity index (χ0) is 4.50. The first-order valence-electron chi connectivity index (χ1n) is 0.756. The molecule has 40 valence electrons. The Labute approximate surface area is 46.7 Å². The van der Waals surface area contributed by atoms with Crippen molar-refractivity contribution in [3.63, 3.8) is 0 Å². The van der Waals surface area contributed by atoms with Crippen molar-refractivity contribution < 1.29 is 14.3 Å². The van der Waals surface area contributed by atoms with E-state index < -0.39 is 4.29 Å². The van der Waals surface area contributed by atoms with Crippen LogP contribution in [0.1, 0.15) is 0 Å². The van der Waals surface area contributed by atoms with Gasteiger partial charge < -0.3 is 5.48 Å². The highest BCUT2D eigenvalue weighted by Crippen LogP contribution is 2.25. The molecule has 0 aliphatic heterocycles. The highest BCUT2D eigenvalue weighted by Gasteiger charge is 2.16. The first-order valence-corrected chi connectivity index (χ1v) is 1.93. The minimum atomic E-state index is -3.22. The Morgan fingerprint density at radius 2 is 1.50 bits per heavy atom. The molecule has 0 atom stereocenters. The molecule has 5 heteroatoms. The van der Waals surface area contributed by atoms with Gasteiger partial charge in [0.25, 0.3) is 0 Å². The van der Waals surface area contributed by atoms with Gasteiger partial charge in [0.2, 0.25) is 0 Å². The molecule has 6 heavy (non-hydrogen) atoms. The third-order valence-corrected chi connectivity index (χ3v) is 0. The fraction of sp³-hybridized carbons (Fsp3) is 1.00. The second kappa shape index (κ2) is 2.71. The van der Waals surface area contributed by atoms with Crippen LogP contribution in [-0.2, 0) is 0 Å². The van der Waals surface area contributed by atoms with Gasteiger partial charge in [-0.15, -0.1) is 0 Å². The Balaban J connectivity index is 0. The van der Waals surface area contributed by atoms with E-state index in [0.717, 1.165) is 0 Å². The van der Waals surface area contributed by atoms with Crippen LogP contribution in [0.3, 0.4) is 0 Å². The van der Waals surface area contributed by atoms with Gasteiger partial charge in [-0.2, -0.15) is 8.78 Å². The number of halogens is 4. The van der Waals surface area contributed by atoms with Gasteiger partial charge in [-0.05, 0) is 11.6 Å². The Bertz CT molecular complexity index is 29.0. The van der Waals surface area contributed by atoms with Crippen molar-refractivity contribution in [2.45, 2.75) is 4.29 Å². The van der Waals surface area contributed by atoms with Gasteiger partial charge in [-0.25, -0.2) is 0 Å². The highest BCUT2D eigenvalue weighted by atomic mass is 79.9. The molecule has 0 saturated carbocycles. The van der Waals surface area contributed by atoms with Gasteiger partial charge in [-0.1, -0.05) is 0 Å². The molecule has 0 aromatic heterocycles. The molecule has 0 heterocycles. The summed E-state index contributed by atoms with van der Waals surface area (Å²) in [6.07, 6.45) is 0. The molecule has 0 unspecified atom stereocenters. The lowest BCUT2D eigenvalue weighted by molar-refractivity contribution is 0.212. The molecule has 1 nitrogen and oxygen atoms in total. The number of hydrogen-bond donors (Lipinski definition) is 0. The van der Waals surface area contributed by atoms with Crippen molar-refractivity contribution in [3.05, 3.63) is 0 Å². The molecule has 0 rings (SSSR count). The van der Waals surface area contributed by atoms with E-state index in [4.69, 9.17) is 0 Å². The summed E-state index contributed by atoms with van der Waals surface area (Å²) in [5, 5.41) is 0. The van der Waals surface area contributed by atoms with E-state index in [9.17, 15) is 8.78 Å². The lowest BCUT2D eigenvalue weighted by Gasteiger charge is -1.87. The van der Waals surface area contributed by atoms with Crippen LogP contribution in [0.4, 0.5) is 8.78 Å². The molecule has 0 radical (unpaired) electrons. The van der Waals surface area contributed by atoms with Crippen LogP contribution in [0.25, 0.3) is 0 Å². The standard InChI is InChI=1S/CBrClF2.H2O/c2-1(3,4)5;/h;1H2. The van der Waals surface area contributed by atoms with Crippen molar-refractivity contribution in [1.82, 2.24) is 0 Å². The maximum absolute atomic E-state index is 10.7. The zero-order valence-electron chi connectivity index (χ0n) is 2.51. The van der Waals surface area contributed by atoms with Gasteiger partial charge in [0.1, 0.15) is 0 Å². The monoisotopic (exact) mass is 182 g/mol. The molecule has 0 aliphatic rings. The molecule has 2 N–H and O–H groups in total. The topological polar surface area (TPSA) is 31.5 Å². The summed E-state index contributed by atoms with van der Waals surface area (Å²) in [5.41, 5.74) is 0. The minimum Gasteiger partial charge on any atom is -0.412 e. The van der Waals surface area contributed by atoms with Crippen LogP contribution in [0.2, 0.25) is 0 Å². The average molecular weight is 183 g/mol. The van der Waals surface area contributed by atoms with E-state index in [-0.39, 0.29) is 5.48 Å². The molecule has 0 bridgehead atoms. The first kappa shape index (κ1) is 9.77. The molecule has 0 spiro atoms. The maximum atomic E-state index is 10.7. The van der Waals surface area contributed by atoms with Crippen molar-refractivity contribution >= 4 is 27.5 Å². The fourth-order valence-corrected chi connectivity index (χ4v) is 0. The number of hydrogen-bond acceptors (Lipinski definition) is 0. The highest BCUT2D eigenvalue weighted by molar-refractivity contribution is 9.10. The third kappa shape index (κ3) is 170. The lowest BCUT2D eigenvalue weighted by Crippen LogP contribution is -1.85. The summed E-state index contributed by atoms with van der Waals surface area (Å²) in [6, 6.07) is 0. The normalized spacial score (nSPS) is 10.0. The lowest BCUT2D eigenvalue weighted by atomic mass is 11.7. The van der Waals surface area contributed by atoms with Crippen LogP contribution >= 0.6 is 27.5 Å². The van der Waals surface area contributed by atoms with E-state index in [1.165, 1.54) is 0 Å². The first-order chi connectivity index (χ1) is 2.00. The van der Waals surface area contributed by atoms with Gasteiger partial charge in [0.15, 0.2) is 0 Å². The van der Waals surface area contributed by atoms with Gasteiger partial charge in [-0.3, -0.25) is 0 Å². The molecule has 0 aromatic rings. The molecule has 0 saturated heterocycles. The largest absolute Gasteiger partial charge is 0.412 e. The summed E-state index contributed by atoms with van der Waals surface area (Å²) >= 11 is 5.92. The molecule has 0 fully saturated rings. The predicted molar refractivity (Wildman–Crippen MR) is 23.3 cm³/mol. The van der Waals surface area contributed by atoms with Crippen LogP contribution in [0.5, 0.6) is 0 Å². The minimum absolute atomic E-state index is 0. The average Bonchev–Trinajstić information content (AvgIpc) is 0.722. The summed E-state index contributed by atoms with van der Waals surface area (Å²) in [7, 11) is 0. The van der Waals surface area contributed by atoms with E-state index in [0.29, 0.717) is 0 Å². The Kier molecular flexibility index (Phi) is 4.42. The fourth-order valence-electron chi connectivity index (χ4n) is 0. The summed E-state index contributed by atoms with van der Waals surface area (Å²) in [5.74, 6) is 0. The maximum Gasteiger partial charge on any atom is 0.378 e. The Morgan fingerprint density at radius 3 is 1.50 bits per heavy atom. The smallest absolute Gasteiger partial charge is 0.378 e. The van der Waals surface area contributed by atoms with Crippen LogP contribution in [-0.4, -0.2) is 9.77 Å². The van der Waals surface area contributed by atoms with Gasteiger partial charge >= 0.3 is 4.29 Å². The molecular formula is CH2BrClF2O. The zero-order valence-corrected chi connectivity index (χ0v) is 4.85. The van der Waals surface area contributed by atoms with E-state index in [1.807, 2.05) is 15.9 Å². The Hall–Kier alpha value is 0.590. The van der Waals surface area contributed by atoms with E-state index in [1.54, 1.807) is 0 Å². The second-order valence-corrected chi connectivity index (χ2v) is 2.36. The van der Waals surface area contributed by atoms with Crippen molar-refractivity contribution in [3.8, 4) is 0 Å². The SMILES string of the molecule is FC(F)(Cl)Br.O. The summed E-state index contributed by atoms with van der Waals surface area (Å²) in [6.45, 7) is 0. The summed E-state index contributed by atoms with van der Waals surface area (Å²) in [4.78, 5) is 0. The van der Waals surface area contributed by atoms with Gasteiger partial charge in [0.05, 0.1) is 0 Å². The van der Waals surface area contributed by atoms with Crippen molar-refractivity contribution in [2.75, 3.05) is 0 Å². The molecule has 0 amide bonds. The van der Waals surface area contributed by atoms with Crippen LogP contribution in [0.15, 0.2) is 0 Å². The van der Waals surface area contributed by atoms with Crippen molar-refractivity contribution in [1.29, 1.82) is 0 Å². The quantitative estimate of drug-likeness (QED) is 0.508. The van der Waals surface area contributed by atoms with Crippen LogP contribution in [0, 0.1) is 0 Å².